The van der Waals surface area contributed by atoms with Gasteiger partial charge in [-0.25, -0.2) is 9.59 Å². The largest absolute Gasteiger partial charge is 0.445 e. The number of nitrogens with one attached hydrogen (secondary N) is 2. The van der Waals surface area contributed by atoms with Gasteiger partial charge in [0.05, 0.1) is 6.04 Å². The zero-order valence-corrected chi connectivity index (χ0v) is 18.2. The second kappa shape index (κ2) is 11.1. The van der Waals surface area contributed by atoms with Crippen LogP contribution in [0.25, 0.3) is 0 Å². The predicted molar refractivity (Wildman–Crippen MR) is 114 cm³/mol. The van der Waals surface area contributed by atoms with Crippen molar-refractivity contribution in [1.82, 2.24) is 10.6 Å². The number of hydrogen-bond donors (Lipinski definition) is 2. The van der Waals surface area contributed by atoms with E-state index in [-0.39, 0.29) is 18.7 Å². The highest BCUT2D eigenvalue weighted by Gasteiger charge is 2.28. The van der Waals surface area contributed by atoms with E-state index in [9.17, 15) is 9.59 Å². The van der Waals surface area contributed by atoms with Gasteiger partial charge in [0.15, 0.2) is 0 Å². The highest BCUT2D eigenvalue weighted by atomic mass is 16.6. The Morgan fingerprint density at radius 1 is 1.03 bits per heavy atom. The van der Waals surface area contributed by atoms with Crippen LogP contribution < -0.4 is 10.6 Å². The lowest BCUT2D eigenvalue weighted by atomic mass is 9.83. The number of carbonyl (C=O) groups excluding carboxylic acids is 2. The standard InChI is InChI=1S/C23H36N2O4/c1-17(24-21(26)28-16-19-13-9-6-10-14-19)20(15-18-11-7-5-8-12-18)25-22(27)29-23(2,3)4/h6,9-10,13-14,17-18,20H,5,7-8,11-12,15-16H2,1-4H3,(H,24,26)(H,25,27)/t17?,20-/m0/s1. The van der Waals surface area contributed by atoms with Crippen molar-refractivity contribution in [1.29, 1.82) is 0 Å². The molecule has 0 heterocycles. The normalized spacial score (nSPS) is 17.1. The smallest absolute Gasteiger partial charge is 0.407 e. The van der Waals surface area contributed by atoms with Gasteiger partial charge in [-0.15, -0.1) is 0 Å². The lowest BCUT2D eigenvalue weighted by Crippen LogP contribution is -2.52. The maximum Gasteiger partial charge on any atom is 0.407 e. The van der Waals surface area contributed by atoms with Gasteiger partial charge in [0.2, 0.25) is 0 Å². The first-order valence-corrected chi connectivity index (χ1v) is 10.7. The number of hydrogen-bond acceptors (Lipinski definition) is 4. The molecule has 1 aliphatic carbocycles. The van der Waals surface area contributed by atoms with E-state index in [4.69, 9.17) is 9.47 Å². The van der Waals surface area contributed by atoms with Crippen molar-refractivity contribution in [3.05, 3.63) is 35.9 Å². The molecule has 1 aliphatic rings. The summed E-state index contributed by atoms with van der Waals surface area (Å²) in [4.78, 5) is 24.6. The van der Waals surface area contributed by atoms with Gasteiger partial charge in [-0.05, 0) is 45.6 Å². The minimum absolute atomic E-state index is 0.211. The molecule has 2 rings (SSSR count). The topological polar surface area (TPSA) is 76.7 Å². The molecule has 6 nitrogen and oxygen atoms in total. The van der Waals surface area contributed by atoms with E-state index in [1.165, 1.54) is 19.3 Å². The van der Waals surface area contributed by atoms with Crippen LogP contribution in [0.2, 0.25) is 0 Å². The minimum Gasteiger partial charge on any atom is -0.445 e. The highest BCUT2D eigenvalue weighted by molar-refractivity contribution is 5.69. The summed E-state index contributed by atoms with van der Waals surface area (Å²) in [6, 6.07) is 9.07. The number of benzene rings is 1. The summed E-state index contributed by atoms with van der Waals surface area (Å²) in [5, 5.41) is 5.84. The summed E-state index contributed by atoms with van der Waals surface area (Å²) >= 11 is 0. The second-order valence-corrected chi connectivity index (χ2v) is 8.99. The third kappa shape index (κ3) is 9.20. The first-order valence-electron chi connectivity index (χ1n) is 10.7. The number of carbonyl (C=O) groups is 2. The molecule has 29 heavy (non-hydrogen) atoms. The number of alkyl carbamates (subject to hydrolysis) is 2. The predicted octanol–water partition coefficient (Wildman–Crippen LogP) is 5.17. The van der Waals surface area contributed by atoms with Crippen molar-refractivity contribution in [2.24, 2.45) is 5.92 Å². The van der Waals surface area contributed by atoms with Crippen molar-refractivity contribution in [2.75, 3.05) is 0 Å². The van der Waals surface area contributed by atoms with E-state index in [2.05, 4.69) is 10.6 Å². The maximum atomic E-state index is 12.3. The van der Waals surface area contributed by atoms with E-state index < -0.39 is 17.8 Å². The van der Waals surface area contributed by atoms with Gasteiger partial charge in [-0.1, -0.05) is 62.4 Å². The molecule has 2 atom stereocenters. The third-order valence-corrected chi connectivity index (χ3v) is 5.18. The Balaban J connectivity index is 1.91. The highest BCUT2D eigenvalue weighted by Crippen LogP contribution is 2.28. The quantitative estimate of drug-likeness (QED) is 0.658. The molecule has 1 aromatic carbocycles. The molecule has 1 saturated carbocycles. The van der Waals surface area contributed by atoms with E-state index in [1.807, 2.05) is 58.0 Å². The molecule has 1 unspecified atom stereocenters. The molecule has 1 aromatic rings. The fourth-order valence-electron chi connectivity index (χ4n) is 3.68. The number of ether oxygens (including phenoxy) is 2. The van der Waals surface area contributed by atoms with Crippen molar-refractivity contribution in [3.8, 4) is 0 Å². The summed E-state index contributed by atoms with van der Waals surface area (Å²) in [5.41, 5.74) is 0.367. The van der Waals surface area contributed by atoms with Crippen LogP contribution >= 0.6 is 0 Å². The van der Waals surface area contributed by atoms with Crippen LogP contribution in [0, 0.1) is 5.92 Å². The van der Waals surface area contributed by atoms with Gasteiger partial charge in [0.25, 0.3) is 0 Å². The lowest BCUT2D eigenvalue weighted by molar-refractivity contribution is 0.0479. The van der Waals surface area contributed by atoms with E-state index >= 15 is 0 Å². The van der Waals surface area contributed by atoms with E-state index in [1.54, 1.807) is 0 Å². The lowest BCUT2D eigenvalue weighted by Gasteiger charge is -2.31. The van der Waals surface area contributed by atoms with E-state index in [0.717, 1.165) is 24.8 Å². The average molecular weight is 405 g/mol. The molecular weight excluding hydrogens is 368 g/mol. The van der Waals surface area contributed by atoms with Crippen molar-refractivity contribution in [2.45, 2.75) is 90.5 Å². The molecule has 1 fully saturated rings. The van der Waals surface area contributed by atoms with Crippen molar-refractivity contribution in [3.63, 3.8) is 0 Å². The van der Waals surface area contributed by atoms with Crippen LogP contribution in [0.4, 0.5) is 9.59 Å². The van der Waals surface area contributed by atoms with Crippen LogP contribution in [-0.4, -0.2) is 29.9 Å². The Hall–Kier alpha value is -2.24. The fourth-order valence-corrected chi connectivity index (χ4v) is 3.68. The van der Waals surface area contributed by atoms with Crippen LogP contribution in [0.15, 0.2) is 30.3 Å². The number of amides is 2. The van der Waals surface area contributed by atoms with Crippen molar-refractivity contribution < 1.29 is 19.1 Å². The Morgan fingerprint density at radius 3 is 2.31 bits per heavy atom. The summed E-state index contributed by atoms with van der Waals surface area (Å²) in [6.07, 6.45) is 5.94. The number of rotatable bonds is 7. The van der Waals surface area contributed by atoms with Crippen LogP contribution in [-0.2, 0) is 16.1 Å². The van der Waals surface area contributed by atoms with Crippen LogP contribution in [0.3, 0.4) is 0 Å². The Labute approximate surface area is 174 Å². The summed E-state index contributed by atoms with van der Waals surface area (Å²) in [6.45, 7) is 7.63. The van der Waals surface area contributed by atoms with Crippen LogP contribution in [0.1, 0.15) is 71.8 Å². The Kier molecular flexibility index (Phi) is 8.80. The molecule has 0 radical (unpaired) electrons. The molecule has 0 spiro atoms. The van der Waals surface area contributed by atoms with Gasteiger partial charge < -0.3 is 20.1 Å². The summed E-state index contributed by atoms with van der Waals surface area (Å²) in [7, 11) is 0. The Bertz CT molecular complexity index is 636. The monoisotopic (exact) mass is 404 g/mol. The summed E-state index contributed by atoms with van der Waals surface area (Å²) in [5.74, 6) is 0.549. The van der Waals surface area contributed by atoms with Gasteiger partial charge in [0, 0.05) is 6.04 Å². The van der Waals surface area contributed by atoms with Crippen LogP contribution in [0.5, 0.6) is 0 Å². The molecule has 6 heteroatoms. The first-order chi connectivity index (χ1) is 13.7. The first kappa shape index (κ1) is 23.0. The van der Waals surface area contributed by atoms with E-state index in [0.29, 0.717) is 5.92 Å². The van der Waals surface area contributed by atoms with Gasteiger partial charge in [0.1, 0.15) is 12.2 Å². The Morgan fingerprint density at radius 2 is 1.69 bits per heavy atom. The van der Waals surface area contributed by atoms with Crippen molar-refractivity contribution >= 4 is 12.2 Å². The molecule has 2 N–H and O–H groups in total. The average Bonchev–Trinajstić information content (AvgIpc) is 2.66. The van der Waals surface area contributed by atoms with Gasteiger partial charge in [-0.2, -0.15) is 0 Å². The third-order valence-electron chi connectivity index (χ3n) is 5.18. The van der Waals surface area contributed by atoms with Gasteiger partial charge in [-0.3, -0.25) is 0 Å². The fraction of sp³-hybridized carbons (Fsp3) is 0.652. The maximum absolute atomic E-state index is 12.3. The second-order valence-electron chi connectivity index (χ2n) is 8.99. The molecule has 2 amide bonds. The zero-order chi connectivity index (χ0) is 21.3. The molecule has 0 aromatic heterocycles. The molecule has 0 saturated heterocycles. The summed E-state index contributed by atoms with van der Waals surface area (Å²) < 4.78 is 10.8. The molecule has 0 aliphatic heterocycles. The van der Waals surface area contributed by atoms with Gasteiger partial charge >= 0.3 is 12.2 Å². The molecule has 162 valence electrons. The molecular formula is C23H36N2O4. The zero-order valence-electron chi connectivity index (χ0n) is 18.2. The minimum atomic E-state index is -0.565. The molecule has 0 bridgehead atoms. The SMILES string of the molecule is CC(NC(=O)OCc1ccccc1)[C@H](CC1CCCCC1)NC(=O)OC(C)(C)C.